The molecule has 6 heteroatoms. The SMILES string of the molecule is CN(C(=O)c1cccn1CC(=O)O)c1cccc(C#N)c1. The van der Waals surface area contributed by atoms with Gasteiger partial charge in [0.15, 0.2) is 0 Å². The van der Waals surface area contributed by atoms with Crippen LogP contribution in [0.4, 0.5) is 5.69 Å². The summed E-state index contributed by atoms with van der Waals surface area (Å²) in [5, 5.41) is 17.7. The highest BCUT2D eigenvalue weighted by Crippen LogP contribution is 2.17. The fraction of sp³-hybridized carbons (Fsp3) is 0.133. The lowest BCUT2D eigenvalue weighted by Crippen LogP contribution is -2.29. The lowest BCUT2D eigenvalue weighted by Gasteiger charge is -2.18. The summed E-state index contributed by atoms with van der Waals surface area (Å²) >= 11 is 0. The van der Waals surface area contributed by atoms with Crippen molar-refractivity contribution in [3.05, 3.63) is 53.9 Å². The number of carbonyl (C=O) groups excluding carboxylic acids is 1. The summed E-state index contributed by atoms with van der Waals surface area (Å²) in [7, 11) is 1.58. The molecule has 0 saturated heterocycles. The monoisotopic (exact) mass is 283 g/mol. The van der Waals surface area contributed by atoms with Crippen molar-refractivity contribution >= 4 is 17.6 Å². The number of aromatic nitrogens is 1. The number of hydrogen-bond donors (Lipinski definition) is 1. The van der Waals surface area contributed by atoms with Crippen molar-refractivity contribution in [2.75, 3.05) is 11.9 Å². The Morgan fingerprint density at radius 2 is 2.10 bits per heavy atom. The summed E-state index contributed by atoms with van der Waals surface area (Å²) in [6, 6.07) is 11.8. The van der Waals surface area contributed by atoms with Crippen LogP contribution in [0.25, 0.3) is 0 Å². The Bertz CT molecular complexity index is 728. The molecule has 1 N–H and O–H groups in total. The van der Waals surface area contributed by atoms with Crippen LogP contribution in [0, 0.1) is 11.3 Å². The molecule has 0 spiro atoms. The first-order chi connectivity index (χ1) is 10.0. The Morgan fingerprint density at radius 3 is 2.76 bits per heavy atom. The normalized spacial score (nSPS) is 9.90. The fourth-order valence-corrected chi connectivity index (χ4v) is 1.97. The van der Waals surface area contributed by atoms with Crippen LogP contribution >= 0.6 is 0 Å². The van der Waals surface area contributed by atoms with E-state index in [0.717, 1.165) is 0 Å². The maximum absolute atomic E-state index is 12.4. The number of carbonyl (C=O) groups is 2. The van der Waals surface area contributed by atoms with Gasteiger partial charge in [0, 0.05) is 18.9 Å². The van der Waals surface area contributed by atoms with Gasteiger partial charge in [-0.1, -0.05) is 6.07 Å². The summed E-state index contributed by atoms with van der Waals surface area (Å²) in [5.74, 6) is -1.36. The number of nitrogens with zero attached hydrogens (tertiary/aromatic N) is 3. The van der Waals surface area contributed by atoms with E-state index in [4.69, 9.17) is 10.4 Å². The van der Waals surface area contributed by atoms with Crippen molar-refractivity contribution in [1.29, 1.82) is 5.26 Å². The first-order valence-corrected chi connectivity index (χ1v) is 6.18. The van der Waals surface area contributed by atoms with E-state index in [2.05, 4.69) is 0 Å². The van der Waals surface area contributed by atoms with Gasteiger partial charge in [-0.25, -0.2) is 0 Å². The molecule has 1 amide bonds. The molecule has 6 nitrogen and oxygen atoms in total. The molecule has 0 aliphatic carbocycles. The molecule has 2 aromatic rings. The quantitative estimate of drug-likeness (QED) is 0.925. The zero-order valence-corrected chi connectivity index (χ0v) is 11.4. The largest absolute Gasteiger partial charge is 0.480 e. The average molecular weight is 283 g/mol. The third-order valence-corrected chi connectivity index (χ3v) is 3.02. The Labute approximate surface area is 121 Å². The van der Waals surface area contributed by atoms with Gasteiger partial charge in [-0.05, 0) is 30.3 Å². The number of nitriles is 1. The van der Waals surface area contributed by atoms with Gasteiger partial charge in [-0.3, -0.25) is 9.59 Å². The molecule has 21 heavy (non-hydrogen) atoms. The van der Waals surface area contributed by atoms with E-state index in [1.807, 2.05) is 6.07 Å². The number of anilines is 1. The van der Waals surface area contributed by atoms with Crippen molar-refractivity contribution in [1.82, 2.24) is 4.57 Å². The van der Waals surface area contributed by atoms with Crippen LogP contribution in [0.3, 0.4) is 0 Å². The molecule has 0 bridgehead atoms. The second-order valence-electron chi connectivity index (χ2n) is 4.44. The van der Waals surface area contributed by atoms with E-state index in [1.54, 1.807) is 49.6 Å². The van der Waals surface area contributed by atoms with E-state index in [9.17, 15) is 9.59 Å². The molecule has 0 atom stereocenters. The van der Waals surface area contributed by atoms with E-state index in [1.165, 1.54) is 9.47 Å². The highest BCUT2D eigenvalue weighted by molar-refractivity contribution is 6.04. The predicted octanol–water partition coefficient (Wildman–Crippen LogP) is 1.72. The van der Waals surface area contributed by atoms with Crippen LogP contribution in [0.2, 0.25) is 0 Å². The summed E-state index contributed by atoms with van der Waals surface area (Å²) in [5.41, 5.74) is 1.30. The van der Waals surface area contributed by atoms with Crippen LogP contribution in [0.15, 0.2) is 42.6 Å². The zero-order valence-electron chi connectivity index (χ0n) is 11.4. The Balaban J connectivity index is 2.29. The van der Waals surface area contributed by atoms with Gasteiger partial charge in [0.1, 0.15) is 12.2 Å². The average Bonchev–Trinajstić information content (AvgIpc) is 2.93. The molecule has 106 valence electrons. The van der Waals surface area contributed by atoms with E-state index in [-0.39, 0.29) is 18.1 Å². The standard InChI is InChI=1S/C15H13N3O3/c1-17(12-5-2-4-11(8-12)9-16)15(21)13-6-3-7-18(13)10-14(19)20/h2-8H,10H2,1H3,(H,19,20). The maximum atomic E-state index is 12.4. The minimum Gasteiger partial charge on any atom is -0.480 e. The molecule has 1 heterocycles. The van der Waals surface area contributed by atoms with Crippen molar-refractivity contribution in [2.24, 2.45) is 0 Å². The van der Waals surface area contributed by atoms with Crippen molar-refractivity contribution < 1.29 is 14.7 Å². The van der Waals surface area contributed by atoms with Gasteiger partial charge >= 0.3 is 5.97 Å². The van der Waals surface area contributed by atoms with Crippen LogP contribution in [-0.2, 0) is 11.3 Å². The molecule has 2 rings (SSSR count). The predicted molar refractivity (Wildman–Crippen MR) is 76.0 cm³/mol. The maximum Gasteiger partial charge on any atom is 0.323 e. The summed E-state index contributed by atoms with van der Waals surface area (Å²) in [6.45, 7) is -0.278. The van der Waals surface area contributed by atoms with E-state index in [0.29, 0.717) is 11.3 Å². The number of benzene rings is 1. The van der Waals surface area contributed by atoms with Gasteiger partial charge in [-0.15, -0.1) is 0 Å². The van der Waals surface area contributed by atoms with Crippen molar-refractivity contribution in [3.8, 4) is 6.07 Å². The minimum atomic E-state index is -1.02. The van der Waals surface area contributed by atoms with Gasteiger partial charge in [0.25, 0.3) is 5.91 Å². The molecule has 0 aliphatic rings. The van der Waals surface area contributed by atoms with Crippen molar-refractivity contribution in [2.45, 2.75) is 6.54 Å². The first kappa shape index (κ1) is 14.3. The highest BCUT2D eigenvalue weighted by Gasteiger charge is 2.18. The molecule has 0 radical (unpaired) electrons. The Kier molecular flexibility index (Phi) is 4.05. The Hall–Kier alpha value is -3.07. The lowest BCUT2D eigenvalue weighted by molar-refractivity contribution is -0.137. The summed E-state index contributed by atoms with van der Waals surface area (Å²) in [6.07, 6.45) is 1.54. The van der Waals surface area contributed by atoms with Gasteiger partial charge in [0.2, 0.25) is 0 Å². The molecular formula is C15H13N3O3. The van der Waals surface area contributed by atoms with Crippen LogP contribution in [0.5, 0.6) is 0 Å². The number of carboxylic acids is 1. The van der Waals surface area contributed by atoms with Crippen molar-refractivity contribution in [3.63, 3.8) is 0 Å². The molecule has 0 saturated carbocycles. The first-order valence-electron chi connectivity index (χ1n) is 6.18. The van der Waals surface area contributed by atoms with Crippen LogP contribution in [0.1, 0.15) is 16.1 Å². The van der Waals surface area contributed by atoms with Crippen LogP contribution < -0.4 is 4.90 Å². The van der Waals surface area contributed by atoms with Gasteiger partial charge < -0.3 is 14.6 Å². The third-order valence-electron chi connectivity index (χ3n) is 3.02. The van der Waals surface area contributed by atoms with E-state index < -0.39 is 5.97 Å². The van der Waals surface area contributed by atoms with Gasteiger partial charge in [0.05, 0.1) is 11.6 Å². The zero-order chi connectivity index (χ0) is 15.4. The molecular weight excluding hydrogens is 270 g/mol. The molecule has 1 aromatic carbocycles. The molecule has 1 aromatic heterocycles. The second-order valence-corrected chi connectivity index (χ2v) is 4.44. The third kappa shape index (κ3) is 3.09. The van der Waals surface area contributed by atoms with E-state index >= 15 is 0 Å². The summed E-state index contributed by atoms with van der Waals surface area (Å²) < 4.78 is 1.37. The van der Waals surface area contributed by atoms with Crippen LogP contribution in [-0.4, -0.2) is 28.6 Å². The number of hydrogen-bond acceptors (Lipinski definition) is 3. The number of aliphatic carboxylic acids is 1. The molecule has 0 unspecified atom stereocenters. The number of amides is 1. The molecule has 0 fully saturated rings. The topological polar surface area (TPSA) is 86.3 Å². The second kappa shape index (κ2) is 5.92. The van der Waals surface area contributed by atoms with Gasteiger partial charge in [-0.2, -0.15) is 5.26 Å². The smallest absolute Gasteiger partial charge is 0.323 e. The fourth-order valence-electron chi connectivity index (χ4n) is 1.97. The molecule has 0 aliphatic heterocycles. The Morgan fingerprint density at radius 1 is 1.33 bits per heavy atom. The minimum absolute atomic E-state index is 0.278. The summed E-state index contributed by atoms with van der Waals surface area (Å²) in [4.78, 5) is 24.6. The highest BCUT2D eigenvalue weighted by atomic mass is 16.4. The lowest BCUT2D eigenvalue weighted by atomic mass is 10.2. The number of rotatable bonds is 4. The number of carboxylic acid groups (broad SMARTS) is 1.